The van der Waals surface area contributed by atoms with Crippen LogP contribution < -0.4 is 4.74 Å². The summed E-state index contributed by atoms with van der Waals surface area (Å²) in [6, 6.07) is 1.33. The molecule has 22 heavy (non-hydrogen) atoms. The Bertz CT molecular complexity index is 620. The van der Waals surface area contributed by atoms with Crippen LogP contribution in [0.4, 0.5) is 4.39 Å². The molecule has 0 heterocycles. The number of benzene rings is 1. The van der Waals surface area contributed by atoms with Crippen LogP contribution in [-0.2, 0) is 16.0 Å². The highest BCUT2D eigenvalue weighted by Crippen LogP contribution is 2.36. The molecule has 0 aliphatic heterocycles. The van der Waals surface area contributed by atoms with E-state index in [2.05, 4.69) is 0 Å². The first-order chi connectivity index (χ1) is 10.2. The second-order valence-corrected chi connectivity index (χ2v) is 6.59. The summed E-state index contributed by atoms with van der Waals surface area (Å²) in [6.07, 6.45) is 1.54. The number of rotatable bonds is 3. The molecule has 1 aliphatic rings. The molecule has 6 heteroatoms. The van der Waals surface area contributed by atoms with E-state index in [0.29, 0.717) is 30.4 Å². The van der Waals surface area contributed by atoms with Gasteiger partial charge in [-0.05, 0) is 39.7 Å². The van der Waals surface area contributed by atoms with Crippen molar-refractivity contribution in [2.45, 2.75) is 45.6 Å². The number of ether oxygens (including phenoxy) is 2. The fourth-order valence-electron chi connectivity index (χ4n) is 2.35. The van der Waals surface area contributed by atoms with Gasteiger partial charge in [-0.2, -0.15) is 0 Å². The highest BCUT2D eigenvalue weighted by molar-refractivity contribution is 6.31. The van der Waals surface area contributed by atoms with Crippen LogP contribution in [0.2, 0.25) is 5.02 Å². The number of hydrogen-bond acceptors (Lipinski definition) is 4. The zero-order valence-corrected chi connectivity index (χ0v) is 13.6. The Balaban J connectivity index is 2.24. The zero-order valence-electron chi connectivity index (χ0n) is 12.8. The largest absolute Gasteiger partial charge is 0.478 e. The Hall–Kier alpha value is -1.62. The Morgan fingerprint density at radius 2 is 2.05 bits per heavy atom. The van der Waals surface area contributed by atoms with Gasteiger partial charge in [-0.15, -0.1) is 0 Å². The van der Waals surface area contributed by atoms with E-state index in [1.807, 2.05) is 0 Å². The maximum Gasteiger partial charge on any atom is 0.344 e. The van der Waals surface area contributed by atoms with Crippen LogP contribution in [0.5, 0.6) is 5.75 Å². The third-order valence-corrected chi connectivity index (χ3v) is 3.44. The summed E-state index contributed by atoms with van der Waals surface area (Å²) in [5, 5.41) is -0.187. The monoisotopic (exact) mass is 328 g/mol. The van der Waals surface area contributed by atoms with Gasteiger partial charge >= 0.3 is 5.97 Å². The van der Waals surface area contributed by atoms with E-state index in [0.717, 1.165) is 0 Å². The number of Topliss-reactive ketones (excluding diaryl/α,β-unsaturated/α-hetero) is 1. The van der Waals surface area contributed by atoms with Crippen molar-refractivity contribution in [2.75, 3.05) is 6.61 Å². The Labute approximate surface area is 133 Å². The highest BCUT2D eigenvalue weighted by Gasteiger charge is 2.26. The summed E-state index contributed by atoms with van der Waals surface area (Å²) >= 11 is 5.81. The minimum absolute atomic E-state index is 0.0923. The number of carbonyl (C=O) groups is 2. The van der Waals surface area contributed by atoms with Gasteiger partial charge in [-0.1, -0.05) is 11.6 Å². The van der Waals surface area contributed by atoms with Gasteiger partial charge in [0.2, 0.25) is 0 Å². The molecule has 120 valence electrons. The molecule has 1 aromatic carbocycles. The van der Waals surface area contributed by atoms with Crippen LogP contribution in [-0.4, -0.2) is 24.0 Å². The quantitative estimate of drug-likeness (QED) is 0.794. The van der Waals surface area contributed by atoms with E-state index in [-0.39, 0.29) is 16.6 Å². The molecule has 0 saturated carbocycles. The Morgan fingerprint density at radius 3 is 2.68 bits per heavy atom. The summed E-state index contributed by atoms with van der Waals surface area (Å²) in [4.78, 5) is 23.6. The van der Waals surface area contributed by atoms with Gasteiger partial charge in [-0.3, -0.25) is 4.79 Å². The molecule has 0 aromatic heterocycles. The van der Waals surface area contributed by atoms with Crippen LogP contribution in [0.1, 0.15) is 49.5 Å². The first kappa shape index (κ1) is 16.7. The Kier molecular flexibility index (Phi) is 4.75. The van der Waals surface area contributed by atoms with Crippen LogP contribution >= 0.6 is 11.6 Å². The molecular weight excluding hydrogens is 311 g/mol. The number of fused-ring (bicyclic) bond motifs is 1. The minimum atomic E-state index is -0.751. The second kappa shape index (κ2) is 6.24. The van der Waals surface area contributed by atoms with Gasteiger partial charge in [0.05, 0.1) is 5.02 Å². The number of ketones is 1. The molecule has 0 radical (unpaired) electrons. The maximum atomic E-state index is 14.2. The predicted molar refractivity (Wildman–Crippen MR) is 80.0 cm³/mol. The summed E-state index contributed by atoms with van der Waals surface area (Å²) < 4.78 is 24.6. The van der Waals surface area contributed by atoms with Crippen molar-refractivity contribution in [3.63, 3.8) is 0 Å². The molecule has 0 bridgehead atoms. The topological polar surface area (TPSA) is 52.6 Å². The summed E-state index contributed by atoms with van der Waals surface area (Å²) in [6.45, 7) is 4.75. The van der Waals surface area contributed by atoms with E-state index in [4.69, 9.17) is 21.1 Å². The average molecular weight is 329 g/mol. The highest BCUT2D eigenvalue weighted by atomic mass is 35.5. The standard InChI is InChI=1S/C16H18ClFO4/c1-16(2,3)22-13(20)8-21-15-9-5-4-6-12(19)10(9)7-11(17)14(15)18/h7H,4-6,8H2,1-3H3. The molecule has 0 spiro atoms. The summed E-state index contributed by atoms with van der Waals surface area (Å²) in [7, 11) is 0. The zero-order chi connectivity index (χ0) is 16.5. The lowest BCUT2D eigenvalue weighted by molar-refractivity contribution is -0.157. The molecule has 0 atom stereocenters. The molecular formula is C16H18ClFO4. The first-order valence-electron chi connectivity index (χ1n) is 7.08. The molecule has 0 fully saturated rings. The number of esters is 1. The van der Waals surface area contributed by atoms with Crippen molar-refractivity contribution >= 4 is 23.4 Å². The van der Waals surface area contributed by atoms with Gasteiger partial charge in [0.25, 0.3) is 0 Å². The fraction of sp³-hybridized carbons (Fsp3) is 0.500. The molecule has 1 aromatic rings. The second-order valence-electron chi connectivity index (χ2n) is 6.18. The molecule has 0 amide bonds. The van der Waals surface area contributed by atoms with Crippen molar-refractivity contribution in [3.05, 3.63) is 28.0 Å². The van der Waals surface area contributed by atoms with E-state index < -0.39 is 24.0 Å². The van der Waals surface area contributed by atoms with Gasteiger partial charge in [0.1, 0.15) is 5.60 Å². The normalized spacial score (nSPS) is 14.5. The van der Waals surface area contributed by atoms with Crippen LogP contribution in [0.25, 0.3) is 0 Å². The summed E-state index contributed by atoms with van der Waals surface area (Å²) in [5.74, 6) is -1.58. The predicted octanol–water partition coefficient (Wildman–Crippen LogP) is 3.72. The van der Waals surface area contributed by atoms with E-state index in [1.54, 1.807) is 20.8 Å². The fourth-order valence-corrected chi connectivity index (χ4v) is 2.55. The number of halogens is 2. The van der Waals surface area contributed by atoms with E-state index in [1.165, 1.54) is 6.07 Å². The van der Waals surface area contributed by atoms with Crippen LogP contribution in [0.3, 0.4) is 0 Å². The lowest BCUT2D eigenvalue weighted by Gasteiger charge is -2.22. The van der Waals surface area contributed by atoms with Crippen LogP contribution in [0.15, 0.2) is 6.07 Å². The van der Waals surface area contributed by atoms with E-state index in [9.17, 15) is 14.0 Å². The minimum Gasteiger partial charge on any atom is -0.478 e. The molecule has 1 aliphatic carbocycles. The van der Waals surface area contributed by atoms with Crippen molar-refractivity contribution < 1.29 is 23.5 Å². The third-order valence-electron chi connectivity index (χ3n) is 3.16. The van der Waals surface area contributed by atoms with Crippen molar-refractivity contribution in [3.8, 4) is 5.75 Å². The lowest BCUT2D eigenvalue weighted by Crippen LogP contribution is -2.28. The van der Waals surface area contributed by atoms with Crippen LogP contribution in [0, 0.1) is 5.82 Å². The first-order valence-corrected chi connectivity index (χ1v) is 7.45. The lowest BCUT2D eigenvalue weighted by atomic mass is 9.90. The molecule has 0 N–H and O–H groups in total. The average Bonchev–Trinajstić information content (AvgIpc) is 2.38. The maximum absolute atomic E-state index is 14.2. The van der Waals surface area contributed by atoms with Crippen molar-refractivity contribution in [1.82, 2.24) is 0 Å². The molecule has 0 saturated heterocycles. The molecule has 2 rings (SSSR count). The smallest absolute Gasteiger partial charge is 0.344 e. The SMILES string of the molecule is CC(C)(C)OC(=O)COc1c(F)c(Cl)cc2c1CCCC2=O. The number of hydrogen-bond donors (Lipinski definition) is 0. The van der Waals surface area contributed by atoms with Gasteiger partial charge in [-0.25, -0.2) is 9.18 Å². The van der Waals surface area contributed by atoms with E-state index >= 15 is 0 Å². The number of carbonyl (C=O) groups excluding carboxylic acids is 2. The summed E-state index contributed by atoms with van der Waals surface area (Å²) in [5.41, 5.74) is 0.196. The Morgan fingerprint density at radius 1 is 1.36 bits per heavy atom. The van der Waals surface area contributed by atoms with Crippen molar-refractivity contribution in [1.29, 1.82) is 0 Å². The molecule has 4 nitrogen and oxygen atoms in total. The molecule has 0 unspecified atom stereocenters. The van der Waals surface area contributed by atoms with Gasteiger partial charge in [0.15, 0.2) is 24.0 Å². The van der Waals surface area contributed by atoms with Gasteiger partial charge in [0, 0.05) is 17.5 Å². The van der Waals surface area contributed by atoms with Gasteiger partial charge < -0.3 is 9.47 Å². The third kappa shape index (κ3) is 3.77. The van der Waals surface area contributed by atoms with Crippen molar-refractivity contribution in [2.24, 2.45) is 0 Å².